The second-order valence-electron chi connectivity index (χ2n) is 3.66. The van der Waals surface area contributed by atoms with Crippen molar-refractivity contribution in [3.05, 3.63) is 6.07 Å². The molecule has 0 spiro atoms. The molecule has 1 aromatic heterocycles. The molecule has 1 heterocycles. The van der Waals surface area contributed by atoms with Crippen molar-refractivity contribution >= 4 is 17.6 Å². The van der Waals surface area contributed by atoms with Crippen LogP contribution in [0.4, 0.5) is 17.6 Å². The van der Waals surface area contributed by atoms with E-state index in [1.165, 1.54) is 12.8 Å². The lowest BCUT2D eigenvalue weighted by Crippen LogP contribution is -2.08. The van der Waals surface area contributed by atoms with Crippen LogP contribution in [0.25, 0.3) is 0 Å². The number of hydrogen-bond acceptors (Lipinski definition) is 5. The SMILES string of the molecule is CCCCCNc1cc(NCC)nc(N)n1. The zero-order valence-electron chi connectivity index (χ0n) is 10.1. The fourth-order valence-corrected chi connectivity index (χ4v) is 1.42. The maximum absolute atomic E-state index is 5.62. The molecule has 0 fully saturated rings. The number of unbranched alkanes of at least 4 members (excludes halogenated alkanes) is 2. The summed E-state index contributed by atoms with van der Waals surface area (Å²) in [6.45, 7) is 5.96. The molecule has 0 saturated heterocycles. The van der Waals surface area contributed by atoms with Crippen LogP contribution in [-0.4, -0.2) is 23.1 Å². The van der Waals surface area contributed by atoms with Gasteiger partial charge in [0.15, 0.2) is 0 Å². The van der Waals surface area contributed by atoms with Gasteiger partial charge in [0.25, 0.3) is 0 Å². The standard InChI is InChI=1S/C11H21N5/c1-3-5-6-7-14-10-8-9(13-4-2)15-11(12)16-10/h8H,3-7H2,1-2H3,(H4,12,13,14,15,16). The van der Waals surface area contributed by atoms with Gasteiger partial charge < -0.3 is 16.4 Å². The Morgan fingerprint density at radius 2 is 1.81 bits per heavy atom. The highest BCUT2D eigenvalue weighted by Crippen LogP contribution is 2.12. The van der Waals surface area contributed by atoms with Gasteiger partial charge >= 0.3 is 0 Å². The third-order valence-corrected chi connectivity index (χ3v) is 2.19. The van der Waals surface area contributed by atoms with Gasteiger partial charge in [-0.05, 0) is 13.3 Å². The monoisotopic (exact) mass is 223 g/mol. The zero-order chi connectivity index (χ0) is 11.8. The molecule has 0 atom stereocenters. The van der Waals surface area contributed by atoms with Crippen LogP contribution in [0.1, 0.15) is 33.1 Å². The minimum Gasteiger partial charge on any atom is -0.370 e. The number of nitrogens with zero attached hydrogens (tertiary/aromatic N) is 2. The van der Waals surface area contributed by atoms with E-state index in [0.717, 1.165) is 31.1 Å². The van der Waals surface area contributed by atoms with Crippen molar-refractivity contribution < 1.29 is 0 Å². The van der Waals surface area contributed by atoms with E-state index in [4.69, 9.17) is 5.73 Å². The van der Waals surface area contributed by atoms with Crippen LogP contribution >= 0.6 is 0 Å². The fourth-order valence-electron chi connectivity index (χ4n) is 1.42. The third-order valence-electron chi connectivity index (χ3n) is 2.19. The summed E-state index contributed by atoms with van der Waals surface area (Å²) in [4.78, 5) is 8.21. The Kier molecular flexibility index (Phi) is 5.39. The van der Waals surface area contributed by atoms with Gasteiger partial charge in [0.2, 0.25) is 5.95 Å². The molecule has 0 radical (unpaired) electrons. The number of aromatic nitrogens is 2. The third kappa shape index (κ3) is 4.33. The van der Waals surface area contributed by atoms with Crippen LogP contribution in [0.2, 0.25) is 0 Å². The molecule has 5 nitrogen and oxygen atoms in total. The summed E-state index contributed by atoms with van der Waals surface area (Å²) >= 11 is 0. The predicted molar refractivity (Wildman–Crippen MR) is 68.6 cm³/mol. The Bertz CT molecular complexity index is 313. The van der Waals surface area contributed by atoms with Crippen molar-refractivity contribution in [3.63, 3.8) is 0 Å². The first kappa shape index (κ1) is 12.5. The summed E-state index contributed by atoms with van der Waals surface area (Å²) in [5.74, 6) is 1.86. The second-order valence-corrected chi connectivity index (χ2v) is 3.66. The molecule has 5 heteroatoms. The van der Waals surface area contributed by atoms with Crippen LogP contribution in [0.3, 0.4) is 0 Å². The molecule has 90 valence electrons. The van der Waals surface area contributed by atoms with Crippen molar-refractivity contribution in [2.75, 3.05) is 29.5 Å². The summed E-state index contributed by atoms with van der Waals surface area (Å²) in [6, 6.07) is 1.88. The summed E-state index contributed by atoms with van der Waals surface area (Å²) in [6.07, 6.45) is 3.60. The Hall–Kier alpha value is -1.52. The number of nitrogens with two attached hydrogens (primary N) is 1. The number of rotatable bonds is 7. The molecule has 0 bridgehead atoms. The maximum atomic E-state index is 5.62. The number of anilines is 3. The molecule has 16 heavy (non-hydrogen) atoms. The van der Waals surface area contributed by atoms with E-state index in [1.807, 2.05) is 13.0 Å². The van der Waals surface area contributed by atoms with E-state index in [9.17, 15) is 0 Å². The van der Waals surface area contributed by atoms with E-state index in [2.05, 4.69) is 27.5 Å². The molecule has 0 saturated carbocycles. The van der Waals surface area contributed by atoms with Gasteiger partial charge in [0.1, 0.15) is 11.6 Å². The van der Waals surface area contributed by atoms with Gasteiger partial charge in [-0.1, -0.05) is 19.8 Å². The predicted octanol–water partition coefficient (Wildman–Crippen LogP) is 2.09. The normalized spacial score (nSPS) is 10.1. The van der Waals surface area contributed by atoms with Gasteiger partial charge in [-0.15, -0.1) is 0 Å². The minimum atomic E-state index is 0.302. The van der Waals surface area contributed by atoms with Crippen LogP contribution in [-0.2, 0) is 0 Å². The van der Waals surface area contributed by atoms with Crippen LogP contribution in [0.5, 0.6) is 0 Å². The van der Waals surface area contributed by atoms with Crippen molar-refractivity contribution in [1.29, 1.82) is 0 Å². The Labute approximate surface area is 96.9 Å². The topological polar surface area (TPSA) is 75.9 Å². The Balaban J connectivity index is 2.51. The summed E-state index contributed by atoms with van der Waals surface area (Å²) in [5, 5.41) is 6.37. The highest BCUT2D eigenvalue weighted by molar-refractivity contribution is 5.50. The molecule has 0 aromatic carbocycles. The van der Waals surface area contributed by atoms with E-state index >= 15 is 0 Å². The van der Waals surface area contributed by atoms with Gasteiger partial charge in [-0.3, -0.25) is 0 Å². The molecule has 0 aliphatic heterocycles. The first-order chi connectivity index (χ1) is 7.76. The van der Waals surface area contributed by atoms with Gasteiger partial charge in [-0.2, -0.15) is 9.97 Å². The molecule has 4 N–H and O–H groups in total. The quantitative estimate of drug-likeness (QED) is 0.617. The molecule has 0 aliphatic carbocycles. The average Bonchev–Trinajstić information content (AvgIpc) is 2.24. The fraction of sp³-hybridized carbons (Fsp3) is 0.636. The van der Waals surface area contributed by atoms with Crippen LogP contribution in [0.15, 0.2) is 6.07 Å². The average molecular weight is 223 g/mol. The highest BCUT2D eigenvalue weighted by Gasteiger charge is 2.00. The van der Waals surface area contributed by atoms with E-state index in [-0.39, 0.29) is 0 Å². The second kappa shape index (κ2) is 6.87. The van der Waals surface area contributed by atoms with Crippen LogP contribution in [0, 0.1) is 0 Å². The smallest absolute Gasteiger partial charge is 0.223 e. The van der Waals surface area contributed by atoms with Gasteiger partial charge in [0, 0.05) is 19.2 Å². The first-order valence-corrected chi connectivity index (χ1v) is 5.88. The summed E-state index contributed by atoms with van der Waals surface area (Å²) in [5.41, 5.74) is 5.62. The zero-order valence-corrected chi connectivity index (χ0v) is 10.1. The van der Waals surface area contributed by atoms with Crippen molar-refractivity contribution in [2.45, 2.75) is 33.1 Å². The molecule has 0 amide bonds. The van der Waals surface area contributed by atoms with Crippen molar-refractivity contribution in [1.82, 2.24) is 9.97 Å². The summed E-state index contributed by atoms with van der Waals surface area (Å²) < 4.78 is 0. The lowest BCUT2D eigenvalue weighted by Gasteiger charge is -2.08. The molecule has 0 unspecified atom stereocenters. The van der Waals surface area contributed by atoms with Crippen molar-refractivity contribution in [2.24, 2.45) is 0 Å². The molecule has 1 aromatic rings. The lowest BCUT2D eigenvalue weighted by atomic mass is 10.2. The number of nitrogens with one attached hydrogen (secondary N) is 2. The van der Waals surface area contributed by atoms with Crippen LogP contribution < -0.4 is 16.4 Å². The molecule has 0 aliphatic rings. The molecule has 1 rings (SSSR count). The maximum Gasteiger partial charge on any atom is 0.223 e. The molecular formula is C11H21N5. The highest BCUT2D eigenvalue weighted by atomic mass is 15.1. The number of nitrogen functional groups attached to an aromatic ring is 1. The van der Waals surface area contributed by atoms with E-state index in [0.29, 0.717) is 5.95 Å². The summed E-state index contributed by atoms with van der Waals surface area (Å²) in [7, 11) is 0. The Morgan fingerprint density at radius 1 is 1.12 bits per heavy atom. The van der Waals surface area contributed by atoms with Crippen molar-refractivity contribution in [3.8, 4) is 0 Å². The van der Waals surface area contributed by atoms with E-state index in [1.54, 1.807) is 0 Å². The number of hydrogen-bond donors (Lipinski definition) is 3. The Morgan fingerprint density at radius 3 is 2.44 bits per heavy atom. The minimum absolute atomic E-state index is 0.302. The largest absolute Gasteiger partial charge is 0.370 e. The lowest BCUT2D eigenvalue weighted by molar-refractivity contribution is 0.742. The van der Waals surface area contributed by atoms with E-state index < -0.39 is 0 Å². The van der Waals surface area contributed by atoms with Gasteiger partial charge in [0.05, 0.1) is 0 Å². The van der Waals surface area contributed by atoms with Gasteiger partial charge in [-0.25, -0.2) is 0 Å². The first-order valence-electron chi connectivity index (χ1n) is 5.88. The molecular weight excluding hydrogens is 202 g/mol.